The van der Waals surface area contributed by atoms with Crippen molar-refractivity contribution in [3.63, 3.8) is 0 Å². The average molecular weight is 170 g/mol. The maximum Gasteiger partial charge on any atom is 0.410 e. The highest BCUT2D eigenvalue weighted by Crippen LogP contribution is 2.15. The third-order valence-corrected chi connectivity index (χ3v) is 1.22. The predicted molar refractivity (Wildman–Crippen MR) is 39.1 cm³/mol. The number of pyridine rings is 1. The number of nitrogens with two attached hydrogens (primary N) is 1. The molecular weight excluding hydrogens is 163 g/mol. The molecule has 0 unspecified atom stereocenters. The summed E-state index contributed by atoms with van der Waals surface area (Å²) in [7, 11) is 0. The number of nitrogens with zero attached hydrogens (tertiary/aromatic N) is 1. The Labute approximate surface area is 68.2 Å². The van der Waals surface area contributed by atoms with Crippen molar-refractivity contribution >= 4 is 6.09 Å². The number of halogens is 1. The number of hydrogen-bond donors (Lipinski definition) is 1. The van der Waals surface area contributed by atoms with E-state index in [0.717, 1.165) is 12.3 Å². The minimum Gasteiger partial charge on any atom is -0.408 e. The zero-order valence-corrected chi connectivity index (χ0v) is 6.37. The lowest BCUT2D eigenvalue weighted by molar-refractivity contribution is 0.210. The van der Waals surface area contributed by atoms with Crippen molar-refractivity contribution in [3.05, 3.63) is 23.8 Å². The molecule has 1 amide bonds. The molecule has 2 N–H and O–H groups in total. The van der Waals surface area contributed by atoms with Crippen molar-refractivity contribution in [1.29, 1.82) is 0 Å². The SMILES string of the molecule is Cc1ncc(F)cc1OC(N)=O. The van der Waals surface area contributed by atoms with Crippen LogP contribution in [0.4, 0.5) is 9.18 Å². The van der Waals surface area contributed by atoms with Crippen LogP contribution in [-0.4, -0.2) is 11.1 Å². The lowest BCUT2D eigenvalue weighted by atomic mass is 10.3. The molecule has 1 rings (SSSR count). The molecule has 0 aromatic carbocycles. The molecule has 0 aliphatic rings. The van der Waals surface area contributed by atoms with Crippen LogP contribution in [0.2, 0.25) is 0 Å². The topological polar surface area (TPSA) is 65.2 Å². The first-order valence-electron chi connectivity index (χ1n) is 3.19. The Bertz CT molecular complexity index is 314. The van der Waals surface area contributed by atoms with Crippen LogP contribution in [0.15, 0.2) is 12.3 Å². The number of aromatic nitrogens is 1. The zero-order chi connectivity index (χ0) is 9.14. The summed E-state index contributed by atoms with van der Waals surface area (Å²) in [6.07, 6.45) is 0.0499. The smallest absolute Gasteiger partial charge is 0.408 e. The molecule has 5 heteroatoms. The van der Waals surface area contributed by atoms with Gasteiger partial charge in [-0.15, -0.1) is 0 Å². The summed E-state index contributed by atoms with van der Waals surface area (Å²) in [4.78, 5) is 13.9. The average Bonchev–Trinajstić information content (AvgIpc) is 1.96. The van der Waals surface area contributed by atoms with Gasteiger partial charge in [0.2, 0.25) is 0 Å². The van der Waals surface area contributed by atoms with Crippen molar-refractivity contribution in [1.82, 2.24) is 4.98 Å². The van der Waals surface area contributed by atoms with Crippen LogP contribution in [-0.2, 0) is 0 Å². The van der Waals surface area contributed by atoms with E-state index in [1.165, 1.54) is 0 Å². The Morgan fingerprint density at radius 1 is 1.75 bits per heavy atom. The highest BCUT2D eigenvalue weighted by molar-refractivity contribution is 5.68. The van der Waals surface area contributed by atoms with Crippen LogP contribution in [0, 0.1) is 12.7 Å². The van der Waals surface area contributed by atoms with E-state index in [0.29, 0.717) is 5.69 Å². The van der Waals surface area contributed by atoms with E-state index >= 15 is 0 Å². The first kappa shape index (κ1) is 8.45. The largest absolute Gasteiger partial charge is 0.410 e. The quantitative estimate of drug-likeness (QED) is 0.683. The second kappa shape index (κ2) is 3.17. The van der Waals surface area contributed by atoms with Gasteiger partial charge in [0, 0.05) is 6.07 Å². The first-order valence-corrected chi connectivity index (χ1v) is 3.19. The van der Waals surface area contributed by atoms with Crippen molar-refractivity contribution in [3.8, 4) is 5.75 Å². The van der Waals surface area contributed by atoms with Crippen LogP contribution in [0.1, 0.15) is 5.69 Å². The van der Waals surface area contributed by atoms with Gasteiger partial charge in [0.05, 0.1) is 11.9 Å². The zero-order valence-electron chi connectivity index (χ0n) is 6.37. The van der Waals surface area contributed by atoms with Gasteiger partial charge in [-0.1, -0.05) is 0 Å². The molecule has 12 heavy (non-hydrogen) atoms. The van der Waals surface area contributed by atoms with E-state index < -0.39 is 11.9 Å². The molecule has 4 nitrogen and oxygen atoms in total. The van der Waals surface area contributed by atoms with Gasteiger partial charge in [0.25, 0.3) is 0 Å². The maximum atomic E-state index is 12.5. The Balaban J connectivity index is 2.97. The molecule has 1 aromatic heterocycles. The standard InChI is InChI=1S/C7H7FN2O2/c1-4-6(12-7(9)11)2-5(8)3-10-4/h2-3H,1H3,(H2,9,11). The fourth-order valence-electron chi connectivity index (χ4n) is 0.701. The maximum absolute atomic E-state index is 12.5. The molecule has 0 saturated heterocycles. The molecule has 0 atom stereocenters. The number of rotatable bonds is 1. The molecule has 0 fully saturated rings. The van der Waals surface area contributed by atoms with Gasteiger partial charge in [0.15, 0.2) is 5.75 Å². The molecule has 0 aliphatic heterocycles. The summed E-state index contributed by atoms with van der Waals surface area (Å²) in [5.74, 6) is -0.528. The van der Waals surface area contributed by atoms with E-state index in [2.05, 4.69) is 9.72 Å². The first-order chi connectivity index (χ1) is 5.59. The van der Waals surface area contributed by atoms with Gasteiger partial charge in [-0.25, -0.2) is 9.18 Å². The number of ether oxygens (including phenoxy) is 1. The van der Waals surface area contributed by atoms with E-state index in [1.807, 2.05) is 0 Å². The van der Waals surface area contributed by atoms with Gasteiger partial charge in [-0.3, -0.25) is 4.98 Å². The van der Waals surface area contributed by atoms with Crippen LogP contribution in [0.3, 0.4) is 0 Å². The lowest BCUT2D eigenvalue weighted by Crippen LogP contribution is -2.17. The van der Waals surface area contributed by atoms with E-state index in [4.69, 9.17) is 5.73 Å². The van der Waals surface area contributed by atoms with Crippen LogP contribution < -0.4 is 10.5 Å². The Hall–Kier alpha value is -1.65. The summed E-state index contributed by atoms with van der Waals surface area (Å²) in [6, 6.07) is 1.05. The second-order valence-corrected chi connectivity index (χ2v) is 2.16. The van der Waals surface area contributed by atoms with Gasteiger partial charge < -0.3 is 10.5 Å². The number of hydrogen-bond acceptors (Lipinski definition) is 3. The minimum atomic E-state index is -0.981. The molecule has 0 radical (unpaired) electrons. The summed E-state index contributed by atoms with van der Waals surface area (Å²) in [5.41, 5.74) is 5.14. The number of primary amides is 1. The molecule has 1 aromatic rings. The Morgan fingerprint density at radius 2 is 2.42 bits per heavy atom. The van der Waals surface area contributed by atoms with E-state index in [9.17, 15) is 9.18 Å². The molecule has 1 heterocycles. The number of aryl methyl sites for hydroxylation is 1. The minimum absolute atomic E-state index is 0.0440. The highest BCUT2D eigenvalue weighted by atomic mass is 19.1. The molecule has 0 saturated carbocycles. The number of carbonyl (C=O) groups is 1. The van der Waals surface area contributed by atoms with Crippen molar-refractivity contribution < 1.29 is 13.9 Å². The monoisotopic (exact) mass is 170 g/mol. The van der Waals surface area contributed by atoms with Crippen molar-refractivity contribution in [2.24, 2.45) is 5.73 Å². The number of carbonyl (C=O) groups excluding carboxylic acids is 1. The fourth-order valence-corrected chi connectivity index (χ4v) is 0.701. The van der Waals surface area contributed by atoms with Crippen molar-refractivity contribution in [2.75, 3.05) is 0 Å². The third kappa shape index (κ3) is 1.91. The van der Waals surface area contributed by atoms with Gasteiger partial charge >= 0.3 is 6.09 Å². The van der Waals surface area contributed by atoms with Crippen molar-refractivity contribution in [2.45, 2.75) is 6.92 Å². The van der Waals surface area contributed by atoms with Crippen LogP contribution in [0.25, 0.3) is 0 Å². The molecule has 0 spiro atoms. The van der Waals surface area contributed by atoms with E-state index in [1.54, 1.807) is 6.92 Å². The summed E-state index contributed by atoms with van der Waals surface area (Å²) in [5, 5.41) is 0. The Morgan fingerprint density at radius 3 is 3.00 bits per heavy atom. The third-order valence-electron chi connectivity index (χ3n) is 1.22. The van der Waals surface area contributed by atoms with Crippen LogP contribution in [0.5, 0.6) is 5.75 Å². The molecule has 64 valence electrons. The second-order valence-electron chi connectivity index (χ2n) is 2.16. The fraction of sp³-hybridized carbons (Fsp3) is 0.143. The van der Waals surface area contributed by atoms with E-state index in [-0.39, 0.29) is 5.75 Å². The molecular formula is C7H7FN2O2. The summed E-state index contributed by atoms with van der Waals surface area (Å²) in [6.45, 7) is 1.58. The van der Waals surface area contributed by atoms with Gasteiger partial charge in [-0.2, -0.15) is 0 Å². The van der Waals surface area contributed by atoms with Crippen LogP contribution >= 0.6 is 0 Å². The lowest BCUT2D eigenvalue weighted by Gasteiger charge is -2.02. The number of amides is 1. The highest BCUT2D eigenvalue weighted by Gasteiger charge is 2.05. The van der Waals surface area contributed by atoms with Gasteiger partial charge in [0.1, 0.15) is 5.82 Å². The molecule has 0 bridgehead atoms. The normalized spacial score (nSPS) is 9.50. The van der Waals surface area contributed by atoms with Gasteiger partial charge in [-0.05, 0) is 6.92 Å². The summed E-state index contributed by atoms with van der Waals surface area (Å²) < 4.78 is 17.0. The predicted octanol–water partition coefficient (Wildman–Crippen LogP) is 0.987. The summed E-state index contributed by atoms with van der Waals surface area (Å²) >= 11 is 0. The Kier molecular flexibility index (Phi) is 2.23. The molecule has 0 aliphatic carbocycles.